The first-order valence-electron chi connectivity index (χ1n) is 38.7. The number of benzene rings is 1. The van der Waals surface area contributed by atoms with Crippen molar-refractivity contribution >= 4 is 113 Å². The van der Waals surface area contributed by atoms with Crippen molar-refractivity contribution < 1.29 is 112 Å². The first-order valence-corrected chi connectivity index (χ1v) is 38.7. The second-order valence-corrected chi connectivity index (χ2v) is 30.7. The molecule has 118 heavy (non-hydrogen) atoms. The number of rotatable bonds is 54. The highest BCUT2D eigenvalue weighted by Gasteiger charge is 2.40. The van der Waals surface area contributed by atoms with E-state index in [1.165, 1.54) is 40.2 Å². The van der Waals surface area contributed by atoms with Crippen molar-refractivity contribution in [2.24, 2.45) is 57.7 Å². The van der Waals surface area contributed by atoms with Crippen LogP contribution in [0.2, 0.25) is 0 Å². The third-order valence-corrected chi connectivity index (χ3v) is 18.0. The second kappa shape index (κ2) is 51.2. The number of aliphatic hydroxyl groups excluding tert-OH is 1. The van der Waals surface area contributed by atoms with Gasteiger partial charge in [0, 0.05) is 44.1 Å². The van der Waals surface area contributed by atoms with Gasteiger partial charge in [-0.3, -0.25) is 86.5 Å². The average Bonchev–Trinajstić information content (AvgIpc) is 0.999. The summed E-state index contributed by atoms with van der Waals surface area (Å²) in [4.78, 5) is 253. The monoisotopic (exact) mass is 1670 g/mol. The van der Waals surface area contributed by atoms with Crippen molar-refractivity contribution in [1.29, 1.82) is 0 Å². The molecule has 2 aromatic rings. The van der Waals surface area contributed by atoms with Crippen LogP contribution in [0.1, 0.15) is 159 Å². The number of guanidine groups is 1. The molecular formula is C75H120N20O23. The van der Waals surface area contributed by atoms with E-state index < -0.39 is 266 Å². The summed E-state index contributed by atoms with van der Waals surface area (Å²) in [7, 11) is 0. The molecule has 0 saturated carbocycles. The number of nitrogens with two attached hydrogens (primary N) is 3. The molecule has 0 radical (unpaired) electrons. The molecule has 26 N–H and O–H groups in total. The highest BCUT2D eigenvalue weighted by molar-refractivity contribution is 6.01. The third kappa shape index (κ3) is 38.2. The number of nitrogens with zero attached hydrogens (tertiary/aromatic N) is 2. The van der Waals surface area contributed by atoms with Gasteiger partial charge in [0.15, 0.2) is 5.96 Å². The van der Waals surface area contributed by atoms with E-state index in [0.29, 0.717) is 11.3 Å². The van der Waals surface area contributed by atoms with Crippen LogP contribution < -0.4 is 91.6 Å². The van der Waals surface area contributed by atoms with E-state index in [1.807, 2.05) is 0 Å². The van der Waals surface area contributed by atoms with Crippen molar-refractivity contribution in [3.05, 3.63) is 54.1 Å². The molecule has 14 amide bonds. The smallest absolute Gasteiger partial charge is 0.326 e. The van der Waals surface area contributed by atoms with Crippen LogP contribution in [0, 0.1) is 35.5 Å². The third-order valence-electron chi connectivity index (χ3n) is 18.0. The summed E-state index contributed by atoms with van der Waals surface area (Å²) < 4.78 is 0. The van der Waals surface area contributed by atoms with E-state index in [4.69, 9.17) is 17.2 Å². The van der Waals surface area contributed by atoms with Gasteiger partial charge >= 0.3 is 23.9 Å². The highest BCUT2D eigenvalue weighted by atomic mass is 16.4. The topological polar surface area (TPSA) is 696 Å². The number of amides is 14. The van der Waals surface area contributed by atoms with Crippen LogP contribution in [-0.4, -0.2) is 252 Å². The lowest BCUT2D eigenvalue weighted by molar-refractivity contribution is -0.143. The fraction of sp³-hybridized carbons (Fsp3) is 0.627. The molecule has 43 nitrogen and oxygen atoms in total. The molecule has 0 spiro atoms. The summed E-state index contributed by atoms with van der Waals surface area (Å²) >= 11 is 0. The molecule has 43 heteroatoms. The molecule has 0 fully saturated rings. The first-order chi connectivity index (χ1) is 55.1. The van der Waals surface area contributed by atoms with E-state index in [-0.39, 0.29) is 56.9 Å². The number of hydrogen-bond donors (Lipinski definition) is 23. The van der Waals surface area contributed by atoms with Gasteiger partial charge in [0.05, 0.1) is 38.0 Å². The lowest BCUT2D eigenvalue weighted by atomic mass is 9.98. The summed E-state index contributed by atoms with van der Waals surface area (Å²) in [5.41, 5.74) is 17.9. The summed E-state index contributed by atoms with van der Waals surface area (Å²) in [6.45, 7) is 18.4. The minimum absolute atomic E-state index is 0.00748. The lowest BCUT2D eigenvalue weighted by Crippen LogP contribution is -2.62. The van der Waals surface area contributed by atoms with Crippen molar-refractivity contribution in [2.45, 2.75) is 245 Å². The maximum absolute atomic E-state index is 14.2. The molecule has 0 aliphatic heterocycles. The largest absolute Gasteiger partial charge is 0.481 e. The summed E-state index contributed by atoms with van der Waals surface area (Å²) in [5.74, 6) is -23.8. The molecule has 0 bridgehead atoms. The molecule has 0 unspecified atom stereocenters. The fourth-order valence-electron chi connectivity index (χ4n) is 11.6. The number of aliphatic carboxylic acids is 4. The Morgan fingerprint density at radius 1 is 0.415 bits per heavy atom. The number of aliphatic hydroxyl groups is 1. The van der Waals surface area contributed by atoms with Crippen LogP contribution in [0.5, 0.6) is 0 Å². The first kappa shape index (κ1) is 102. The minimum Gasteiger partial charge on any atom is -0.481 e. The SMILES string of the molecule is CC(C)C[C@H](NC(=O)CNC(=O)[C@H](CCC(=O)O)NC(=O)[C@@H](NC(=O)[C@@H](NC(=O)[C@H](CCC(=O)O)NC(=O)CNC(=O)[C@H](Cc1ccccc1)NC(=O)[C@@H](NC(=O)[C@@H](NC(=O)[C@@H](N)Cc1cnc[nH]1)C(C)C)C(C)C)C(C)C)[C@@H](C)O)C(=O)N[C@@H](CC(=O)O)C(=O)N[C@H](C(=O)N[C@@H](CC(C)C)C(=O)N[C@@H](CCCN=C(N)N)C(=O)O)C(C)C. The molecule has 0 saturated heterocycles. The predicted molar refractivity (Wildman–Crippen MR) is 423 cm³/mol. The number of carbonyl (C=O) groups excluding carboxylic acids is 14. The van der Waals surface area contributed by atoms with Crippen LogP contribution in [0.15, 0.2) is 47.8 Å². The Hall–Kier alpha value is -11.9. The highest BCUT2D eigenvalue weighted by Crippen LogP contribution is 2.16. The molecule has 0 aliphatic rings. The summed E-state index contributed by atoms with van der Waals surface area (Å²) in [6.07, 6.45) is -3.01. The molecule has 1 heterocycles. The standard InChI is InChI=1S/C75H120N20O23/c1-35(2)26-48(66(109)88-51(30-56(103)104)68(111)93-57(37(5)6)69(112)89-49(27-36(3)4)67(110)87-47(74(117)118)20-17-25-80-75(77)78)85-53(98)33-81-63(106)45(21-23-54(99)100)86-73(116)61(41(13)96)95-72(115)60(40(11)12)92-65(108)46(22-24-55(101)102)84-52(97)32-82-64(107)50(28-42-18-15-14-16-19-42)90-70(113)58(38(7)8)94-71(114)59(39(9)10)91-62(105)44(76)29-43-31-79-34-83-43/h14-16,18-19,31,34-41,44-51,57-61,96H,17,20-30,32-33,76H2,1-13H3,(H,79,83)(H,81,106)(H,82,107)(H,84,97)(H,85,98)(H,86,116)(H,87,110)(H,88,109)(H,89,112)(H,90,113)(H,91,105)(H,92,108)(H,93,111)(H,94,114)(H,95,115)(H,99,100)(H,101,102)(H,103,104)(H,117,118)(H4,77,78,80)/t41-,44+,45+,46+,47+,48+,49+,50+,51+,57+,58+,59+,60+,61+/m1/s1. The van der Waals surface area contributed by atoms with Crippen LogP contribution in [0.25, 0.3) is 0 Å². The number of aromatic amines is 1. The maximum Gasteiger partial charge on any atom is 0.326 e. The minimum atomic E-state index is -2.00. The van der Waals surface area contributed by atoms with Crippen molar-refractivity contribution in [3.8, 4) is 0 Å². The average molecular weight is 1670 g/mol. The quantitative estimate of drug-likeness (QED) is 0.0168. The number of nitrogens with one attached hydrogen (secondary N) is 15. The van der Waals surface area contributed by atoms with E-state index in [2.05, 4.69) is 89.4 Å². The Bertz CT molecular complexity index is 3780. The molecular weight excluding hydrogens is 1550 g/mol. The van der Waals surface area contributed by atoms with Crippen molar-refractivity contribution in [2.75, 3.05) is 19.6 Å². The van der Waals surface area contributed by atoms with Crippen LogP contribution in [-0.2, 0) is 99.1 Å². The Balaban J connectivity index is 2.31. The second-order valence-electron chi connectivity index (χ2n) is 30.7. The van der Waals surface area contributed by atoms with Crippen LogP contribution in [0.4, 0.5) is 0 Å². The number of aliphatic imine (C=N–C) groups is 1. The molecule has 14 atom stereocenters. The van der Waals surface area contributed by atoms with Crippen LogP contribution in [0.3, 0.4) is 0 Å². The summed E-state index contributed by atoms with van der Waals surface area (Å²) in [6, 6.07) is -11.6. The number of carboxylic acid groups (broad SMARTS) is 4. The Labute approximate surface area is 682 Å². The van der Waals surface area contributed by atoms with Gasteiger partial charge in [0.2, 0.25) is 82.7 Å². The molecule has 1 aromatic carbocycles. The zero-order valence-corrected chi connectivity index (χ0v) is 68.7. The van der Waals surface area contributed by atoms with Gasteiger partial charge in [-0.2, -0.15) is 0 Å². The van der Waals surface area contributed by atoms with Gasteiger partial charge < -0.3 is 122 Å². The number of hydrogen-bond acceptors (Lipinski definition) is 22. The number of carboxylic acids is 4. The summed E-state index contributed by atoms with van der Waals surface area (Å²) in [5, 5.41) is 83.7. The number of aromatic nitrogens is 2. The van der Waals surface area contributed by atoms with E-state index in [9.17, 15) is 112 Å². The zero-order chi connectivity index (χ0) is 89.5. The number of carbonyl (C=O) groups is 18. The van der Waals surface area contributed by atoms with E-state index in [0.717, 1.165) is 6.92 Å². The fourth-order valence-corrected chi connectivity index (χ4v) is 11.6. The molecule has 2 rings (SSSR count). The van der Waals surface area contributed by atoms with E-state index >= 15 is 0 Å². The lowest BCUT2D eigenvalue weighted by Gasteiger charge is -2.29. The molecule has 658 valence electrons. The molecule has 0 aliphatic carbocycles. The van der Waals surface area contributed by atoms with Gasteiger partial charge in [-0.05, 0) is 86.5 Å². The number of imidazole rings is 1. The number of H-pyrrole nitrogens is 1. The zero-order valence-electron chi connectivity index (χ0n) is 68.7. The Morgan fingerprint density at radius 2 is 0.788 bits per heavy atom. The Morgan fingerprint density at radius 3 is 1.21 bits per heavy atom. The van der Waals surface area contributed by atoms with Gasteiger partial charge in [0.25, 0.3) is 0 Å². The normalized spacial score (nSPS) is 14.8. The van der Waals surface area contributed by atoms with Crippen molar-refractivity contribution in [1.82, 2.24) is 84.4 Å². The van der Waals surface area contributed by atoms with Gasteiger partial charge in [-0.1, -0.05) is 113 Å². The Kier molecular flexibility index (Phi) is 44.3. The van der Waals surface area contributed by atoms with Gasteiger partial charge in [-0.25, -0.2) is 9.78 Å². The van der Waals surface area contributed by atoms with Crippen molar-refractivity contribution in [3.63, 3.8) is 0 Å². The predicted octanol–water partition coefficient (Wildman–Crippen LogP) is -4.99. The van der Waals surface area contributed by atoms with Crippen LogP contribution >= 0.6 is 0 Å². The van der Waals surface area contributed by atoms with E-state index in [1.54, 1.807) is 85.7 Å². The van der Waals surface area contributed by atoms with Gasteiger partial charge in [0.1, 0.15) is 72.5 Å². The maximum atomic E-state index is 14.2. The molecule has 1 aromatic heterocycles. The van der Waals surface area contributed by atoms with Gasteiger partial charge in [-0.15, -0.1) is 0 Å².